The molecule has 1 unspecified atom stereocenters. The van der Waals surface area contributed by atoms with Gasteiger partial charge in [-0.2, -0.15) is 0 Å². The minimum atomic E-state index is -0.503. The van der Waals surface area contributed by atoms with Gasteiger partial charge in [0.25, 0.3) is 0 Å². The molecule has 2 aromatic carbocycles. The largest absolute Gasteiger partial charge is 0.496 e. The minimum Gasteiger partial charge on any atom is -0.496 e. The lowest BCUT2D eigenvalue weighted by atomic mass is 9.97. The van der Waals surface area contributed by atoms with E-state index >= 15 is 0 Å². The number of benzene rings is 2. The first-order valence-corrected chi connectivity index (χ1v) is 7.19. The molecule has 2 N–H and O–H groups in total. The maximum absolute atomic E-state index is 13.6. The van der Waals surface area contributed by atoms with Crippen LogP contribution in [0, 0.1) is 12.7 Å². The van der Waals surface area contributed by atoms with E-state index in [1.807, 2.05) is 13.0 Å². The number of hydrogen-bond donors (Lipinski definition) is 1. The summed E-state index contributed by atoms with van der Waals surface area (Å²) in [7, 11) is 3.15. The van der Waals surface area contributed by atoms with Gasteiger partial charge < -0.3 is 15.2 Å². The maximum atomic E-state index is 13.6. The van der Waals surface area contributed by atoms with Crippen LogP contribution in [0.15, 0.2) is 34.8 Å². The van der Waals surface area contributed by atoms with Crippen LogP contribution < -0.4 is 15.2 Å². The highest BCUT2D eigenvalue weighted by molar-refractivity contribution is 9.10. The number of methoxy groups -OCH3 is 2. The summed E-state index contributed by atoms with van der Waals surface area (Å²) in [5.74, 6) is 0.968. The highest BCUT2D eigenvalue weighted by Gasteiger charge is 2.18. The molecule has 0 aliphatic carbocycles. The van der Waals surface area contributed by atoms with Crippen molar-refractivity contribution in [2.45, 2.75) is 13.0 Å². The van der Waals surface area contributed by atoms with E-state index in [-0.39, 0.29) is 5.82 Å². The second-order valence-electron chi connectivity index (χ2n) is 4.77. The average Bonchev–Trinajstić information content (AvgIpc) is 2.45. The van der Waals surface area contributed by atoms with Crippen molar-refractivity contribution in [3.05, 3.63) is 57.3 Å². The van der Waals surface area contributed by atoms with Crippen LogP contribution in [0.4, 0.5) is 4.39 Å². The molecule has 0 aliphatic rings. The van der Waals surface area contributed by atoms with Crippen molar-refractivity contribution in [1.29, 1.82) is 0 Å². The number of ether oxygens (including phenoxy) is 2. The second kappa shape index (κ2) is 6.45. The Hall–Kier alpha value is -1.59. The van der Waals surface area contributed by atoms with E-state index in [9.17, 15) is 4.39 Å². The first-order chi connectivity index (χ1) is 9.96. The lowest BCUT2D eigenvalue weighted by molar-refractivity contribution is 0.395. The van der Waals surface area contributed by atoms with Crippen LogP contribution in [-0.4, -0.2) is 14.2 Å². The van der Waals surface area contributed by atoms with E-state index in [1.54, 1.807) is 26.4 Å². The molecule has 0 saturated heterocycles. The lowest BCUT2D eigenvalue weighted by Crippen LogP contribution is -2.14. The van der Waals surface area contributed by atoms with E-state index in [1.165, 1.54) is 12.1 Å². The Morgan fingerprint density at radius 2 is 1.71 bits per heavy atom. The monoisotopic (exact) mass is 353 g/mol. The van der Waals surface area contributed by atoms with Gasteiger partial charge in [0, 0.05) is 5.56 Å². The van der Waals surface area contributed by atoms with Crippen molar-refractivity contribution in [1.82, 2.24) is 0 Å². The maximum Gasteiger partial charge on any atom is 0.133 e. The molecule has 0 heterocycles. The summed E-state index contributed by atoms with van der Waals surface area (Å²) in [5.41, 5.74) is 8.54. The van der Waals surface area contributed by atoms with Crippen LogP contribution in [0.1, 0.15) is 22.7 Å². The van der Waals surface area contributed by atoms with Crippen LogP contribution in [0.5, 0.6) is 11.5 Å². The standard InChI is InChI=1S/C16H17BrFNO2/c1-9-4-10(6-11(18)5-9)16(19)12-7-15(21-3)13(17)8-14(12)20-2/h4-8,16H,19H2,1-3H3. The second-order valence-corrected chi connectivity index (χ2v) is 5.62. The van der Waals surface area contributed by atoms with Gasteiger partial charge in [0.15, 0.2) is 0 Å². The number of aryl methyl sites for hydroxylation is 1. The van der Waals surface area contributed by atoms with Gasteiger partial charge >= 0.3 is 0 Å². The van der Waals surface area contributed by atoms with Gasteiger partial charge in [0.05, 0.1) is 24.7 Å². The van der Waals surface area contributed by atoms with Gasteiger partial charge in [0.1, 0.15) is 17.3 Å². The molecule has 5 heteroatoms. The highest BCUT2D eigenvalue weighted by Crippen LogP contribution is 2.37. The van der Waals surface area contributed by atoms with Crippen LogP contribution in [0.25, 0.3) is 0 Å². The molecule has 2 aromatic rings. The Bertz CT molecular complexity index is 641. The summed E-state index contributed by atoms with van der Waals surface area (Å²) in [5, 5.41) is 0. The predicted molar refractivity (Wildman–Crippen MR) is 84.4 cm³/mol. The van der Waals surface area contributed by atoms with E-state index in [0.29, 0.717) is 17.1 Å². The van der Waals surface area contributed by atoms with Crippen LogP contribution in [0.2, 0.25) is 0 Å². The summed E-state index contributed by atoms with van der Waals surface area (Å²) < 4.78 is 25.0. The third-order valence-electron chi connectivity index (χ3n) is 3.26. The summed E-state index contributed by atoms with van der Waals surface area (Å²) in [6, 6.07) is 7.85. The van der Waals surface area contributed by atoms with Crippen molar-refractivity contribution in [3.63, 3.8) is 0 Å². The van der Waals surface area contributed by atoms with Crippen molar-refractivity contribution in [2.24, 2.45) is 5.73 Å². The fourth-order valence-electron chi connectivity index (χ4n) is 2.25. The molecule has 1 atom stereocenters. The molecular formula is C16H17BrFNO2. The van der Waals surface area contributed by atoms with Crippen molar-refractivity contribution >= 4 is 15.9 Å². The highest BCUT2D eigenvalue weighted by atomic mass is 79.9. The fourth-order valence-corrected chi connectivity index (χ4v) is 2.74. The van der Waals surface area contributed by atoms with Gasteiger partial charge in [-0.1, -0.05) is 6.07 Å². The molecule has 0 fully saturated rings. The molecule has 0 aromatic heterocycles. The summed E-state index contributed by atoms with van der Waals surface area (Å²) in [4.78, 5) is 0. The quantitative estimate of drug-likeness (QED) is 0.904. The van der Waals surface area contributed by atoms with Crippen LogP contribution in [0.3, 0.4) is 0 Å². The van der Waals surface area contributed by atoms with Crippen LogP contribution >= 0.6 is 15.9 Å². The third kappa shape index (κ3) is 3.36. The van der Waals surface area contributed by atoms with E-state index in [4.69, 9.17) is 15.2 Å². The Morgan fingerprint density at radius 3 is 2.29 bits per heavy atom. The van der Waals surface area contributed by atoms with E-state index < -0.39 is 6.04 Å². The first-order valence-electron chi connectivity index (χ1n) is 6.40. The summed E-state index contributed by atoms with van der Waals surface area (Å²) >= 11 is 3.41. The zero-order valence-electron chi connectivity index (χ0n) is 12.1. The Balaban J connectivity index is 2.53. The predicted octanol–water partition coefficient (Wildman–Crippen LogP) is 3.96. The SMILES string of the molecule is COc1cc(C(N)c2cc(C)cc(F)c2)c(OC)cc1Br. The number of nitrogens with two attached hydrogens (primary N) is 1. The number of rotatable bonds is 4. The third-order valence-corrected chi connectivity index (χ3v) is 3.88. The summed E-state index contributed by atoms with van der Waals surface area (Å²) in [6.07, 6.45) is 0. The average molecular weight is 354 g/mol. The molecular weight excluding hydrogens is 337 g/mol. The molecule has 3 nitrogen and oxygen atoms in total. The Labute approximate surface area is 132 Å². The minimum absolute atomic E-state index is 0.302. The first kappa shape index (κ1) is 15.8. The number of halogens is 2. The van der Waals surface area contributed by atoms with Gasteiger partial charge in [0.2, 0.25) is 0 Å². The Kier molecular flexibility index (Phi) is 4.85. The topological polar surface area (TPSA) is 44.5 Å². The van der Waals surface area contributed by atoms with Crippen molar-refractivity contribution in [3.8, 4) is 11.5 Å². The van der Waals surface area contributed by atoms with Gasteiger partial charge in [-0.25, -0.2) is 4.39 Å². The molecule has 0 radical (unpaired) electrons. The molecule has 21 heavy (non-hydrogen) atoms. The molecule has 0 spiro atoms. The molecule has 0 saturated carbocycles. The molecule has 112 valence electrons. The lowest BCUT2D eigenvalue weighted by Gasteiger charge is -2.18. The van der Waals surface area contributed by atoms with Gasteiger partial charge in [-0.05, 0) is 58.2 Å². The fraction of sp³-hybridized carbons (Fsp3) is 0.250. The zero-order chi connectivity index (χ0) is 15.6. The Morgan fingerprint density at radius 1 is 1.05 bits per heavy atom. The molecule has 0 aliphatic heterocycles. The van der Waals surface area contributed by atoms with E-state index in [0.717, 1.165) is 15.6 Å². The number of hydrogen-bond acceptors (Lipinski definition) is 3. The van der Waals surface area contributed by atoms with E-state index in [2.05, 4.69) is 15.9 Å². The van der Waals surface area contributed by atoms with Crippen molar-refractivity contribution < 1.29 is 13.9 Å². The zero-order valence-corrected chi connectivity index (χ0v) is 13.7. The normalized spacial score (nSPS) is 12.1. The van der Waals surface area contributed by atoms with Crippen molar-refractivity contribution in [2.75, 3.05) is 14.2 Å². The molecule has 0 bridgehead atoms. The molecule has 0 amide bonds. The smallest absolute Gasteiger partial charge is 0.133 e. The van der Waals surface area contributed by atoms with Gasteiger partial charge in [-0.3, -0.25) is 0 Å². The van der Waals surface area contributed by atoms with Crippen LogP contribution in [-0.2, 0) is 0 Å². The summed E-state index contributed by atoms with van der Waals surface area (Å²) in [6.45, 7) is 1.83. The molecule has 2 rings (SSSR count). The van der Waals surface area contributed by atoms with Gasteiger partial charge in [-0.15, -0.1) is 0 Å².